The fourth-order valence-electron chi connectivity index (χ4n) is 1.15. The van der Waals surface area contributed by atoms with Gasteiger partial charge in [0.15, 0.2) is 0 Å². The van der Waals surface area contributed by atoms with Crippen molar-refractivity contribution in [2.75, 3.05) is 6.67 Å². The van der Waals surface area contributed by atoms with E-state index in [1.54, 1.807) is 0 Å². The average molecular weight is 130 g/mol. The Morgan fingerprint density at radius 2 is 2.00 bits per heavy atom. The molecule has 2 heteroatoms. The smallest absolute Gasteiger partial charge is 0.132 e. The maximum Gasteiger partial charge on any atom is 0.132 e. The van der Waals surface area contributed by atoms with Gasteiger partial charge in [0.25, 0.3) is 0 Å². The Morgan fingerprint density at radius 1 is 1.44 bits per heavy atom. The number of Topliss-reactive ketones (excluding diaryl/α,β-unsaturated/α-hetero) is 1. The average Bonchev–Trinajstić information content (AvgIpc) is 1.90. The van der Waals surface area contributed by atoms with Crippen molar-refractivity contribution in [3.63, 3.8) is 0 Å². The van der Waals surface area contributed by atoms with Crippen molar-refractivity contribution in [1.82, 2.24) is 0 Å². The molecule has 1 aliphatic carbocycles. The molecule has 0 aromatic carbocycles. The topological polar surface area (TPSA) is 17.1 Å². The first-order valence-corrected chi connectivity index (χ1v) is 3.40. The van der Waals surface area contributed by atoms with Crippen LogP contribution in [0.4, 0.5) is 4.39 Å². The van der Waals surface area contributed by atoms with Gasteiger partial charge in [-0.3, -0.25) is 9.18 Å². The van der Waals surface area contributed by atoms with Crippen LogP contribution in [-0.2, 0) is 4.79 Å². The van der Waals surface area contributed by atoms with E-state index in [4.69, 9.17) is 0 Å². The third kappa shape index (κ3) is 1.77. The number of hydrogen-bond acceptors (Lipinski definition) is 1. The first-order chi connectivity index (χ1) is 4.33. The van der Waals surface area contributed by atoms with Crippen molar-refractivity contribution in [2.45, 2.75) is 25.7 Å². The van der Waals surface area contributed by atoms with Crippen LogP contribution in [0.5, 0.6) is 0 Å². The van der Waals surface area contributed by atoms with Crippen molar-refractivity contribution >= 4 is 5.78 Å². The molecule has 0 unspecified atom stereocenters. The van der Waals surface area contributed by atoms with Gasteiger partial charge in [0, 0.05) is 12.8 Å². The lowest BCUT2D eigenvalue weighted by molar-refractivity contribution is -0.121. The Bertz CT molecular complexity index is 101. The Hall–Kier alpha value is -0.400. The Labute approximate surface area is 54.3 Å². The number of hydrogen-bond donors (Lipinski definition) is 0. The monoisotopic (exact) mass is 130 g/mol. The van der Waals surface area contributed by atoms with E-state index < -0.39 is 0 Å². The fraction of sp³-hybridized carbons (Fsp3) is 0.857. The molecular weight excluding hydrogens is 119 g/mol. The molecule has 1 saturated carbocycles. The molecule has 0 bridgehead atoms. The maximum absolute atomic E-state index is 11.9. The van der Waals surface area contributed by atoms with E-state index in [-0.39, 0.29) is 12.6 Å². The van der Waals surface area contributed by atoms with E-state index in [2.05, 4.69) is 0 Å². The van der Waals surface area contributed by atoms with Gasteiger partial charge in [-0.2, -0.15) is 0 Å². The van der Waals surface area contributed by atoms with E-state index in [1.165, 1.54) is 0 Å². The number of rotatable bonds is 1. The molecule has 1 aliphatic rings. The molecule has 9 heavy (non-hydrogen) atoms. The second-order valence-corrected chi connectivity index (χ2v) is 2.64. The lowest BCUT2D eigenvalue weighted by Gasteiger charge is -2.16. The number of halogens is 1. The minimum atomic E-state index is -0.243. The zero-order chi connectivity index (χ0) is 6.69. The van der Waals surface area contributed by atoms with Crippen molar-refractivity contribution in [1.29, 1.82) is 0 Å². The van der Waals surface area contributed by atoms with Crippen LogP contribution in [0.3, 0.4) is 0 Å². The van der Waals surface area contributed by atoms with Gasteiger partial charge in [-0.05, 0) is 18.8 Å². The molecule has 0 spiro atoms. The standard InChI is InChI=1S/C7H11FO/c8-5-6-1-3-7(9)4-2-6/h6H,1-5H2. The number of carbonyl (C=O) groups excluding carboxylic acids is 1. The van der Waals surface area contributed by atoms with Crippen LogP contribution < -0.4 is 0 Å². The minimum absolute atomic E-state index is 0.183. The van der Waals surface area contributed by atoms with Gasteiger partial charge in [-0.15, -0.1) is 0 Å². The van der Waals surface area contributed by atoms with Gasteiger partial charge >= 0.3 is 0 Å². The highest BCUT2D eigenvalue weighted by atomic mass is 19.1. The molecule has 0 saturated heterocycles. The third-order valence-electron chi connectivity index (χ3n) is 1.88. The molecule has 52 valence electrons. The van der Waals surface area contributed by atoms with Crippen LogP contribution in [-0.4, -0.2) is 12.5 Å². The second-order valence-electron chi connectivity index (χ2n) is 2.64. The second kappa shape index (κ2) is 2.95. The lowest BCUT2D eigenvalue weighted by Crippen LogP contribution is -2.14. The predicted octanol–water partition coefficient (Wildman–Crippen LogP) is 1.72. The first kappa shape index (κ1) is 6.72. The molecule has 0 aromatic rings. The van der Waals surface area contributed by atoms with Crippen LogP contribution in [0.15, 0.2) is 0 Å². The van der Waals surface area contributed by atoms with E-state index in [9.17, 15) is 9.18 Å². The van der Waals surface area contributed by atoms with Crippen molar-refractivity contribution in [3.8, 4) is 0 Å². The molecule has 0 aromatic heterocycles. The quantitative estimate of drug-likeness (QED) is 0.528. The summed E-state index contributed by atoms with van der Waals surface area (Å²) in [5.74, 6) is 0.488. The summed E-state index contributed by atoms with van der Waals surface area (Å²) in [6.07, 6.45) is 2.76. The summed E-state index contributed by atoms with van der Waals surface area (Å²) in [5, 5.41) is 0. The van der Waals surface area contributed by atoms with Crippen LogP contribution in [0.1, 0.15) is 25.7 Å². The molecule has 0 radical (unpaired) electrons. The molecule has 0 aliphatic heterocycles. The van der Waals surface area contributed by atoms with Crippen molar-refractivity contribution in [3.05, 3.63) is 0 Å². The summed E-state index contributed by atoms with van der Waals surface area (Å²) in [7, 11) is 0. The maximum atomic E-state index is 11.9. The van der Waals surface area contributed by atoms with Gasteiger partial charge in [-0.1, -0.05) is 0 Å². The molecule has 1 nitrogen and oxygen atoms in total. The minimum Gasteiger partial charge on any atom is -0.300 e. The van der Waals surface area contributed by atoms with Gasteiger partial charge in [0.1, 0.15) is 5.78 Å². The SMILES string of the molecule is O=C1CCC(CF)CC1. The zero-order valence-electron chi connectivity index (χ0n) is 5.40. The fourth-order valence-corrected chi connectivity index (χ4v) is 1.15. The van der Waals surface area contributed by atoms with Gasteiger partial charge in [0.05, 0.1) is 6.67 Å². The molecule has 1 rings (SSSR count). The first-order valence-electron chi connectivity index (χ1n) is 3.40. The highest BCUT2D eigenvalue weighted by Gasteiger charge is 2.17. The van der Waals surface area contributed by atoms with E-state index >= 15 is 0 Å². The van der Waals surface area contributed by atoms with Crippen LogP contribution >= 0.6 is 0 Å². The Morgan fingerprint density at radius 3 is 2.44 bits per heavy atom. The number of carbonyl (C=O) groups is 1. The predicted molar refractivity (Wildman–Crippen MR) is 32.9 cm³/mol. The summed E-state index contributed by atoms with van der Waals surface area (Å²) < 4.78 is 11.9. The Kier molecular flexibility index (Phi) is 2.20. The highest BCUT2D eigenvalue weighted by molar-refractivity contribution is 5.78. The van der Waals surface area contributed by atoms with Crippen molar-refractivity contribution < 1.29 is 9.18 Å². The normalized spacial score (nSPS) is 22.6. The number of alkyl halides is 1. The summed E-state index contributed by atoms with van der Waals surface area (Å²) in [5.41, 5.74) is 0. The molecule has 0 atom stereocenters. The van der Waals surface area contributed by atoms with E-state index in [0.29, 0.717) is 18.6 Å². The van der Waals surface area contributed by atoms with E-state index in [0.717, 1.165) is 12.8 Å². The third-order valence-corrected chi connectivity index (χ3v) is 1.88. The highest BCUT2D eigenvalue weighted by Crippen LogP contribution is 2.21. The number of ketones is 1. The van der Waals surface area contributed by atoms with E-state index in [1.807, 2.05) is 0 Å². The molecular formula is C7H11FO. The summed E-state index contributed by atoms with van der Waals surface area (Å²) in [6.45, 7) is -0.243. The van der Waals surface area contributed by atoms with Crippen molar-refractivity contribution in [2.24, 2.45) is 5.92 Å². The Balaban J connectivity index is 2.26. The molecule has 0 amide bonds. The summed E-state index contributed by atoms with van der Waals surface area (Å²) in [6, 6.07) is 0. The summed E-state index contributed by atoms with van der Waals surface area (Å²) >= 11 is 0. The van der Waals surface area contributed by atoms with Gasteiger partial charge < -0.3 is 0 Å². The molecule has 0 N–H and O–H groups in total. The van der Waals surface area contributed by atoms with Gasteiger partial charge in [-0.25, -0.2) is 0 Å². The molecule has 0 heterocycles. The van der Waals surface area contributed by atoms with Crippen LogP contribution in [0, 0.1) is 5.92 Å². The van der Waals surface area contributed by atoms with Crippen LogP contribution in [0.2, 0.25) is 0 Å². The largest absolute Gasteiger partial charge is 0.300 e. The lowest BCUT2D eigenvalue weighted by atomic mass is 9.90. The summed E-state index contributed by atoms with van der Waals surface area (Å²) in [4.78, 5) is 10.6. The molecule has 1 fully saturated rings. The van der Waals surface area contributed by atoms with Crippen LogP contribution in [0.25, 0.3) is 0 Å². The zero-order valence-corrected chi connectivity index (χ0v) is 5.40. The van der Waals surface area contributed by atoms with Gasteiger partial charge in [0.2, 0.25) is 0 Å².